The van der Waals surface area contributed by atoms with Crippen molar-refractivity contribution in [2.75, 3.05) is 5.75 Å². The summed E-state index contributed by atoms with van der Waals surface area (Å²) in [6, 6.07) is 5.94. The number of carbonyl (C=O) groups is 1. The van der Waals surface area contributed by atoms with E-state index in [2.05, 4.69) is 29.1 Å². The molecule has 0 aliphatic carbocycles. The highest BCUT2D eigenvalue weighted by Gasteiger charge is 2.13. The number of aromatic nitrogens is 3. The van der Waals surface area contributed by atoms with Crippen LogP contribution in [0.5, 0.6) is 5.75 Å². The van der Waals surface area contributed by atoms with Crippen LogP contribution < -0.4 is 16.0 Å². The molecule has 2 rings (SSSR count). The Morgan fingerprint density at radius 1 is 1.42 bits per heavy atom. The van der Waals surface area contributed by atoms with E-state index < -0.39 is 0 Å². The van der Waals surface area contributed by atoms with Crippen LogP contribution in [0.15, 0.2) is 36.0 Å². The first-order chi connectivity index (χ1) is 11.5. The van der Waals surface area contributed by atoms with Crippen molar-refractivity contribution in [2.24, 2.45) is 5.84 Å². The van der Waals surface area contributed by atoms with Gasteiger partial charge in [0.1, 0.15) is 12.4 Å². The molecule has 0 aliphatic rings. The van der Waals surface area contributed by atoms with Crippen LogP contribution in [-0.4, -0.2) is 26.4 Å². The van der Waals surface area contributed by atoms with Gasteiger partial charge in [0.15, 0.2) is 11.0 Å². The molecule has 0 radical (unpaired) electrons. The summed E-state index contributed by atoms with van der Waals surface area (Å²) in [6.45, 7) is 8.66. The summed E-state index contributed by atoms with van der Waals surface area (Å²) in [6.07, 6.45) is 1.75. The smallest absolute Gasteiger partial charge is 0.244 e. The summed E-state index contributed by atoms with van der Waals surface area (Å²) in [4.78, 5) is 11.3. The van der Waals surface area contributed by atoms with E-state index in [0.717, 1.165) is 5.75 Å². The zero-order valence-electron chi connectivity index (χ0n) is 13.8. The molecule has 0 bridgehead atoms. The predicted molar refractivity (Wildman–Crippen MR) is 93.5 cm³/mol. The summed E-state index contributed by atoms with van der Waals surface area (Å²) in [5, 5.41) is 8.88. The third-order valence-corrected chi connectivity index (χ3v) is 4.41. The Balaban J connectivity index is 2.08. The van der Waals surface area contributed by atoms with E-state index in [1.165, 1.54) is 22.9 Å². The van der Waals surface area contributed by atoms with Crippen LogP contribution in [-0.2, 0) is 17.9 Å². The Morgan fingerprint density at radius 2 is 2.21 bits per heavy atom. The van der Waals surface area contributed by atoms with E-state index in [1.807, 2.05) is 29.7 Å². The van der Waals surface area contributed by atoms with Gasteiger partial charge in [-0.05, 0) is 37.1 Å². The highest BCUT2D eigenvalue weighted by atomic mass is 32.2. The normalized spacial score (nSPS) is 10.5. The zero-order valence-corrected chi connectivity index (χ0v) is 14.6. The Kier molecular flexibility index (Phi) is 6.39. The predicted octanol–water partition coefficient (Wildman–Crippen LogP) is 1.74. The average molecular weight is 347 g/mol. The Labute approximate surface area is 145 Å². The molecule has 0 saturated carbocycles. The number of hydrogen-bond acceptors (Lipinski definition) is 6. The number of hydrogen-bond donors (Lipinski definition) is 2. The Hall–Kier alpha value is -2.32. The summed E-state index contributed by atoms with van der Waals surface area (Å²) >= 11 is 1.26. The second-order valence-corrected chi connectivity index (χ2v) is 6.13. The number of allylic oxidation sites excluding steroid dienone is 1. The fourth-order valence-electron chi connectivity index (χ4n) is 1.97. The van der Waals surface area contributed by atoms with Gasteiger partial charge >= 0.3 is 0 Å². The minimum Gasteiger partial charge on any atom is -0.486 e. The maximum atomic E-state index is 11.3. The van der Waals surface area contributed by atoms with E-state index >= 15 is 0 Å². The molecule has 0 fully saturated rings. The van der Waals surface area contributed by atoms with Crippen LogP contribution in [0.3, 0.4) is 0 Å². The van der Waals surface area contributed by atoms with E-state index in [9.17, 15) is 4.79 Å². The number of thioether (sulfide) groups is 1. The van der Waals surface area contributed by atoms with E-state index in [4.69, 9.17) is 10.6 Å². The monoisotopic (exact) mass is 347 g/mol. The van der Waals surface area contributed by atoms with Crippen LogP contribution in [0.25, 0.3) is 0 Å². The highest BCUT2D eigenvalue weighted by Crippen LogP contribution is 2.20. The van der Waals surface area contributed by atoms with Crippen LogP contribution in [0.4, 0.5) is 0 Å². The standard InChI is InChI=1S/C16H21N5O2S/c1-4-7-21-14(19-20-16(21)24-10-15(22)18-17)9-23-13-6-5-11(2)12(3)8-13/h4-6,8H,1,7,9-10,17H2,2-3H3,(H,18,22). The third-order valence-electron chi connectivity index (χ3n) is 3.44. The molecular weight excluding hydrogens is 326 g/mol. The molecule has 7 nitrogen and oxygen atoms in total. The number of aryl methyl sites for hydroxylation is 2. The van der Waals surface area contributed by atoms with Crippen molar-refractivity contribution in [1.82, 2.24) is 20.2 Å². The molecule has 24 heavy (non-hydrogen) atoms. The van der Waals surface area contributed by atoms with Crippen LogP contribution in [0.1, 0.15) is 17.0 Å². The van der Waals surface area contributed by atoms with E-state index in [-0.39, 0.29) is 18.3 Å². The molecule has 0 saturated heterocycles. The number of nitrogens with zero attached hydrogens (tertiary/aromatic N) is 3. The maximum absolute atomic E-state index is 11.3. The summed E-state index contributed by atoms with van der Waals surface area (Å²) < 4.78 is 7.67. The van der Waals surface area contributed by atoms with Crippen molar-refractivity contribution in [3.05, 3.63) is 47.8 Å². The van der Waals surface area contributed by atoms with Gasteiger partial charge in [0, 0.05) is 6.54 Å². The first kappa shape index (κ1) is 18.0. The van der Waals surface area contributed by atoms with Gasteiger partial charge in [-0.15, -0.1) is 16.8 Å². The molecule has 128 valence electrons. The Morgan fingerprint density at radius 3 is 2.88 bits per heavy atom. The molecule has 1 heterocycles. The van der Waals surface area contributed by atoms with Crippen molar-refractivity contribution in [1.29, 1.82) is 0 Å². The third kappa shape index (κ3) is 4.59. The van der Waals surface area contributed by atoms with Gasteiger partial charge in [-0.2, -0.15) is 0 Å². The van der Waals surface area contributed by atoms with Crippen LogP contribution in [0.2, 0.25) is 0 Å². The zero-order chi connectivity index (χ0) is 17.5. The number of amides is 1. The van der Waals surface area contributed by atoms with Crippen LogP contribution >= 0.6 is 11.8 Å². The lowest BCUT2D eigenvalue weighted by molar-refractivity contribution is -0.118. The number of hydrazine groups is 1. The number of ether oxygens (including phenoxy) is 1. The van der Waals surface area contributed by atoms with Gasteiger partial charge in [0.25, 0.3) is 0 Å². The molecule has 3 N–H and O–H groups in total. The number of benzene rings is 1. The number of nitrogens with two attached hydrogens (primary N) is 1. The summed E-state index contributed by atoms with van der Waals surface area (Å²) in [7, 11) is 0. The number of carbonyl (C=O) groups excluding carboxylic acids is 1. The number of nitrogens with one attached hydrogen (secondary N) is 1. The molecule has 0 aliphatic heterocycles. The second-order valence-electron chi connectivity index (χ2n) is 5.19. The van der Waals surface area contributed by atoms with Crippen molar-refractivity contribution >= 4 is 17.7 Å². The Bertz CT molecular complexity index is 729. The molecular formula is C16H21N5O2S. The summed E-state index contributed by atoms with van der Waals surface area (Å²) in [5.41, 5.74) is 4.48. The second kappa shape index (κ2) is 8.51. The molecule has 0 atom stereocenters. The van der Waals surface area contributed by atoms with Crippen molar-refractivity contribution in [3.63, 3.8) is 0 Å². The largest absolute Gasteiger partial charge is 0.486 e. The first-order valence-corrected chi connectivity index (χ1v) is 8.39. The SMILES string of the molecule is C=CCn1c(COc2ccc(C)c(C)c2)nnc1SCC(=O)NN. The van der Waals surface area contributed by atoms with Crippen molar-refractivity contribution in [2.45, 2.75) is 32.2 Å². The van der Waals surface area contributed by atoms with Gasteiger partial charge < -0.3 is 4.74 Å². The molecule has 1 aromatic carbocycles. The molecule has 1 amide bonds. The fourth-order valence-corrected chi connectivity index (χ4v) is 2.75. The molecule has 8 heteroatoms. The molecule has 0 unspecified atom stereocenters. The minimum atomic E-state index is -0.277. The first-order valence-electron chi connectivity index (χ1n) is 7.40. The quantitative estimate of drug-likeness (QED) is 0.248. The summed E-state index contributed by atoms with van der Waals surface area (Å²) in [5.74, 6) is 6.43. The van der Waals surface area contributed by atoms with Gasteiger partial charge in [-0.25, -0.2) is 5.84 Å². The molecule has 2 aromatic rings. The van der Waals surface area contributed by atoms with Gasteiger partial charge in [0.2, 0.25) is 5.91 Å². The van der Waals surface area contributed by atoms with Crippen LogP contribution in [0, 0.1) is 13.8 Å². The lowest BCUT2D eigenvalue weighted by Crippen LogP contribution is -2.31. The maximum Gasteiger partial charge on any atom is 0.244 e. The van der Waals surface area contributed by atoms with Gasteiger partial charge in [0.05, 0.1) is 5.75 Å². The fraction of sp³-hybridized carbons (Fsp3) is 0.312. The van der Waals surface area contributed by atoms with Gasteiger partial charge in [-0.3, -0.25) is 14.8 Å². The van der Waals surface area contributed by atoms with Crippen molar-refractivity contribution < 1.29 is 9.53 Å². The molecule has 1 aromatic heterocycles. The molecule has 0 spiro atoms. The van der Waals surface area contributed by atoms with Gasteiger partial charge in [-0.1, -0.05) is 23.9 Å². The lowest BCUT2D eigenvalue weighted by atomic mass is 10.1. The van der Waals surface area contributed by atoms with Crippen molar-refractivity contribution in [3.8, 4) is 5.75 Å². The average Bonchev–Trinajstić information content (AvgIpc) is 2.96. The number of rotatable bonds is 8. The van der Waals surface area contributed by atoms with E-state index in [1.54, 1.807) is 6.08 Å². The minimum absolute atomic E-state index is 0.170. The van der Waals surface area contributed by atoms with E-state index in [0.29, 0.717) is 17.5 Å². The lowest BCUT2D eigenvalue weighted by Gasteiger charge is -2.10. The topological polar surface area (TPSA) is 95.1 Å². The highest BCUT2D eigenvalue weighted by molar-refractivity contribution is 7.99.